The van der Waals surface area contributed by atoms with Crippen molar-refractivity contribution in [3.8, 4) is 0 Å². The fourth-order valence-electron chi connectivity index (χ4n) is 2.34. The summed E-state index contributed by atoms with van der Waals surface area (Å²) in [6, 6.07) is 0. The maximum Gasteiger partial charge on any atom is 0.309 e. The molecular formula is C9H12O2. The van der Waals surface area contributed by atoms with Crippen LogP contribution >= 0.6 is 0 Å². The molecule has 60 valence electrons. The van der Waals surface area contributed by atoms with Crippen molar-refractivity contribution in [2.75, 3.05) is 0 Å². The summed E-state index contributed by atoms with van der Waals surface area (Å²) in [5, 5.41) is 8.96. The van der Waals surface area contributed by atoms with E-state index in [0.717, 1.165) is 12.8 Å². The number of carboxylic acids is 1. The number of carboxylic acid groups (broad SMARTS) is 1. The monoisotopic (exact) mass is 152 g/mol. The Morgan fingerprint density at radius 1 is 1.64 bits per heavy atom. The van der Waals surface area contributed by atoms with Crippen LogP contribution in [0.4, 0.5) is 0 Å². The molecule has 2 unspecified atom stereocenters. The van der Waals surface area contributed by atoms with E-state index >= 15 is 0 Å². The van der Waals surface area contributed by atoms with E-state index in [4.69, 9.17) is 5.11 Å². The second-order valence-corrected chi connectivity index (χ2v) is 3.91. The number of rotatable bonds is 1. The molecule has 1 fully saturated rings. The Morgan fingerprint density at radius 3 is 2.64 bits per heavy atom. The van der Waals surface area contributed by atoms with Crippen molar-refractivity contribution in [3.63, 3.8) is 0 Å². The predicted molar refractivity (Wildman–Crippen MR) is 41.1 cm³/mol. The van der Waals surface area contributed by atoms with Crippen LogP contribution < -0.4 is 0 Å². The van der Waals surface area contributed by atoms with Crippen LogP contribution in [-0.4, -0.2) is 11.1 Å². The molecular weight excluding hydrogens is 140 g/mol. The van der Waals surface area contributed by atoms with Crippen molar-refractivity contribution in [3.05, 3.63) is 12.2 Å². The zero-order valence-corrected chi connectivity index (χ0v) is 6.58. The van der Waals surface area contributed by atoms with Crippen molar-refractivity contribution >= 4 is 5.97 Å². The average molecular weight is 152 g/mol. The molecule has 0 amide bonds. The highest BCUT2D eigenvalue weighted by Crippen LogP contribution is 2.51. The Kier molecular flexibility index (Phi) is 1.17. The molecule has 3 atom stereocenters. The molecule has 1 saturated carbocycles. The molecule has 2 nitrogen and oxygen atoms in total. The van der Waals surface area contributed by atoms with Gasteiger partial charge in [0.1, 0.15) is 0 Å². The summed E-state index contributed by atoms with van der Waals surface area (Å²) in [6.07, 6.45) is 6.13. The predicted octanol–water partition coefficient (Wildman–Crippen LogP) is 1.67. The summed E-state index contributed by atoms with van der Waals surface area (Å²) in [4.78, 5) is 10.9. The SMILES string of the molecule is C[C@@]1(C(=O)O)CC2C=CC1C2. The first-order valence-corrected chi connectivity index (χ1v) is 4.04. The minimum atomic E-state index is -0.630. The van der Waals surface area contributed by atoms with Crippen LogP contribution in [0.25, 0.3) is 0 Å². The second kappa shape index (κ2) is 1.87. The molecule has 2 aliphatic carbocycles. The Bertz CT molecular complexity index is 232. The van der Waals surface area contributed by atoms with E-state index in [1.807, 2.05) is 6.92 Å². The Morgan fingerprint density at radius 2 is 2.36 bits per heavy atom. The first-order chi connectivity index (χ1) is 5.13. The van der Waals surface area contributed by atoms with Gasteiger partial charge < -0.3 is 5.11 Å². The van der Waals surface area contributed by atoms with E-state index in [9.17, 15) is 4.79 Å². The lowest BCUT2D eigenvalue weighted by Gasteiger charge is -2.25. The summed E-state index contributed by atoms with van der Waals surface area (Å²) in [7, 11) is 0. The Hall–Kier alpha value is -0.790. The van der Waals surface area contributed by atoms with E-state index in [-0.39, 0.29) is 0 Å². The highest BCUT2D eigenvalue weighted by atomic mass is 16.4. The minimum Gasteiger partial charge on any atom is -0.481 e. The number of allylic oxidation sites excluding steroid dienone is 2. The number of hydrogen-bond donors (Lipinski definition) is 1. The lowest BCUT2D eigenvalue weighted by atomic mass is 9.78. The molecule has 0 aromatic rings. The van der Waals surface area contributed by atoms with E-state index in [0.29, 0.717) is 11.8 Å². The summed E-state index contributed by atoms with van der Waals surface area (Å²) in [5.74, 6) is 0.209. The standard InChI is InChI=1S/C9H12O2/c1-9(8(10)11)5-6-2-3-7(9)4-6/h2-3,6-7H,4-5H2,1H3,(H,10,11)/t6?,7?,9-/m1/s1. The highest BCUT2D eigenvalue weighted by molar-refractivity contribution is 5.76. The van der Waals surface area contributed by atoms with Gasteiger partial charge in [-0.05, 0) is 31.6 Å². The van der Waals surface area contributed by atoms with Gasteiger partial charge >= 0.3 is 5.97 Å². The molecule has 0 saturated heterocycles. The second-order valence-electron chi connectivity index (χ2n) is 3.91. The lowest BCUT2D eigenvalue weighted by Crippen LogP contribution is -2.31. The third-order valence-electron chi connectivity index (χ3n) is 3.17. The van der Waals surface area contributed by atoms with Crippen molar-refractivity contribution in [1.29, 1.82) is 0 Å². The average Bonchev–Trinajstić information content (AvgIpc) is 2.45. The molecule has 11 heavy (non-hydrogen) atoms. The number of carbonyl (C=O) groups is 1. The van der Waals surface area contributed by atoms with Gasteiger partial charge in [-0.15, -0.1) is 0 Å². The molecule has 1 N–H and O–H groups in total. The van der Waals surface area contributed by atoms with Gasteiger partial charge in [-0.3, -0.25) is 4.79 Å². The molecule has 2 bridgehead atoms. The van der Waals surface area contributed by atoms with Crippen LogP contribution in [0.15, 0.2) is 12.2 Å². The molecule has 2 aliphatic rings. The summed E-state index contributed by atoms with van der Waals surface area (Å²) >= 11 is 0. The topological polar surface area (TPSA) is 37.3 Å². The fourth-order valence-corrected chi connectivity index (χ4v) is 2.34. The van der Waals surface area contributed by atoms with Gasteiger partial charge in [-0.2, -0.15) is 0 Å². The normalized spacial score (nSPS) is 46.6. The van der Waals surface area contributed by atoms with Crippen molar-refractivity contribution < 1.29 is 9.90 Å². The van der Waals surface area contributed by atoms with Crippen LogP contribution in [0.5, 0.6) is 0 Å². The van der Waals surface area contributed by atoms with Gasteiger partial charge in [-0.1, -0.05) is 12.2 Å². The smallest absolute Gasteiger partial charge is 0.309 e. The summed E-state index contributed by atoms with van der Waals surface area (Å²) in [6.45, 7) is 1.86. The first kappa shape index (κ1) is 6.89. The number of fused-ring (bicyclic) bond motifs is 2. The van der Waals surface area contributed by atoms with Crippen LogP contribution in [0.1, 0.15) is 19.8 Å². The van der Waals surface area contributed by atoms with Crippen molar-refractivity contribution in [2.24, 2.45) is 17.3 Å². The lowest BCUT2D eigenvalue weighted by molar-refractivity contribution is -0.149. The molecule has 0 radical (unpaired) electrons. The van der Waals surface area contributed by atoms with Crippen molar-refractivity contribution in [2.45, 2.75) is 19.8 Å². The zero-order valence-electron chi connectivity index (χ0n) is 6.58. The summed E-state index contributed by atoms with van der Waals surface area (Å²) in [5.41, 5.74) is -0.459. The van der Waals surface area contributed by atoms with Gasteiger partial charge in [-0.25, -0.2) is 0 Å². The van der Waals surface area contributed by atoms with Gasteiger partial charge in [0.25, 0.3) is 0 Å². The summed E-state index contributed by atoms with van der Waals surface area (Å²) < 4.78 is 0. The van der Waals surface area contributed by atoms with E-state index in [2.05, 4.69) is 12.2 Å². The van der Waals surface area contributed by atoms with Crippen LogP contribution in [0.3, 0.4) is 0 Å². The fraction of sp³-hybridized carbons (Fsp3) is 0.667. The molecule has 0 spiro atoms. The maximum absolute atomic E-state index is 10.9. The minimum absolute atomic E-state index is 0.296. The zero-order chi connectivity index (χ0) is 8.06. The van der Waals surface area contributed by atoms with Gasteiger partial charge in [0.15, 0.2) is 0 Å². The molecule has 0 aromatic carbocycles. The largest absolute Gasteiger partial charge is 0.481 e. The number of hydrogen-bond acceptors (Lipinski definition) is 1. The van der Waals surface area contributed by atoms with Crippen LogP contribution in [-0.2, 0) is 4.79 Å². The van der Waals surface area contributed by atoms with E-state index in [1.54, 1.807) is 0 Å². The molecule has 0 aliphatic heterocycles. The third kappa shape index (κ3) is 0.753. The highest BCUT2D eigenvalue weighted by Gasteiger charge is 2.50. The third-order valence-corrected chi connectivity index (χ3v) is 3.17. The van der Waals surface area contributed by atoms with Gasteiger partial charge in [0.2, 0.25) is 0 Å². The van der Waals surface area contributed by atoms with E-state index < -0.39 is 11.4 Å². The molecule has 2 heteroatoms. The number of aliphatic carboxylic acids is 1. The molecule has 2 rings (SSSR count). The Labute approximate surface area is 65.9 Å². The molecule has 0 heterocycles. The maximum atomic E-state index is 10.9. The van der Waals surface area contributed by atoms with Gasteiger partial charge in [0.05, 0.1) is 5.41 Å². The van der Waals surface area contributed by atoms with Crippen LogP contribution in [0.2, 0.25) is 0 Å². The first-order valence-electron chi connectivity index (χ1n) is 4.04. The molecule has 0 aromatic heterocycles. The van der Waals surface area contributed by atoms with Crippen LogP contribution in [0, 0.1) is 17.3 Å². The van der Waals surface area contributed by atoms with E-state index in [1.165, 1.54) is 0 Å². The quantitative estimate of drug-likeness (QED) is 0.580. The van der Waals surface area contributed by atoms with Crippen molar-refractivity contribution in [1.82, 2.24) is 0 Å². The van der Waals surface area contributed by atoms with Gasteiger partial charge in [0, 0.05) is 0 Å². The Balaban J connectivity index is 2.30.